The second-order valence-electron chi connectivity index (χ2n) is 12.6. The van der Waals surface area contributed by atoms with Crippen LogP contribution in [0.4, 0.5) is 21.0 Å². The maximum atomic E-state index is 14.0. The van der Waals surface area contributed by atoms with E-state index in [9.17, 15) is 24.0 Å². The third-order valence-corrected chi connectivity index (χ3v) is 10.7. The maximum absolute atomic E-state index is 14.0. The Balaban J connectivity index is 0.946. The van der Waals surface area contributed by atoms with Crippen molar-refractivity contribution in [2.75, 3.05) is 29.1 Å². The van der Waals surface area contributed by atoms with Crippen molar-refractivity contribution in [2.24, 2.45) is 0 Å². The van der Waals surface area contributed by atoms with Gasteiger partial charge in [0, 0.05) is 35.1 Å². The normalized spacial score (nSPS) is 20.4. The average Bonchev–Trinajstić information content (AvgIpc) is 3.69. The van der Waals surface area contributed by atoms with Gasteiger partial charge < -0.3 is 25.6 Å². The molecule has 2 aliphatic carbocycles. The minimum atomic E-state index is -1.02. The van der Waals surface area contributed by atoms with Gasteiger partial charge in [-0.25, -0.2) is 9.59 Å². The minimum Gasteiger partial charge on any atom is -0.449 e. The van der Waals surface area contributed by atoms with Gasteiger partial charge >= 0.3 is 12.1 Å². The number of ether oxygens (including phenoxy) is 1. The predicted molar refractivity (Wildman–Crippen MR) is 183 cm³/mol. The molecule has 6 amide bonds. The molecule has 1 saturated heterocycles. The number of anilines is 2. The first-order chi connectivity index (χ1) is 23.8. The highest BCUT2D eigenvalue weighted by atomic mass is 32.2. The summed E-state index contributed by atoms with van der Waals surface area (Å²) in [6.45, 7) is -0.183. The van der Waals surface area contributed by atoms with Gasteiger partial charge in [0.25, 0.3) is 11.8 Å². The quantitative estimate of drug-likeness (QED) is 0.223. The van der Waals surface area contributed by atoms with Crippen molar-refractivity contribution in [3.8, 4) is 11.1 Å². The number of rotatable bonds is 6. The van der Waals surface area contributed by atoms with Crippen LogP contribution in [-0.2, 0) is 32.0 Å². The molecular formula is C37H31N5O6S. The van der Waals surface area contributed by atoms with Crippen LogP contribution in [0, 0.1) is 0 Å². The molecule has 0 bridgehead atoms. The molecule has 2 heterocycles. The van der Waals surface area contributed by atoms with E-state index in [4.69, 9.17) is 4.74 Å². The zero-order valence-electron chi connectivity index (χ0n) is 26.2. The number of hydrogen-bond acceptors (Lipinski definition) is 7. The lowest BCUT2D eigenvalue weighted by atomic mass is 9.96. The molecule has 0 aromatic heterocycles. The lowest BCUT2D eigenvalue weighted by Gasteiger charge is -2.25. The molecule has 0 saturated carbocycles. The van der Waals surface area contributed by atoms with E-state index in [0.29, 0.717) is 24.2 Å². The van der Waals surface area contributed by atoms with Gasteiger partial charge in [0.05, 0.1) is 5.69 Å². The molecule has 1 spiro atoms. The number of carbonyl (C=O) groups excluding carboxylic acids is 5. The predicted octanol–water partition coefficient (Wildman–Crippen LogP) is 4.35. The fraction of sp³-hybridized carbons (Fsp3) is 0.216. The first kappa shape index (κ1) is 30.7. The largest absolute Gasteiger partial charge is 0.449 e. The summed E-state index contributed by atoms with van der Waals surface area (Å²) in [6, 6.07) is 27.3. The molecule has 4 aromatic carbocycles. The fourth-order valence-electron chi connectivity index (χ4n) is 7.28. The first-order valence-electron chi connectivity index (χ1n) is 16.0. The Morgan fingerprint density at radius 2 is 1.57 bits per heavy atom. The Labute approximate surface area is 285 Å². The molecule has 1 fully saturated rings. The van der Waals surface area contributed by atoms with Crippen LogP contribution in [0.25, 0.3) is 11.1 Å². The van der Waals surface area contributed by atoms with E-state index in [1.165, 1.54) is 16.7 Å². The highest BCUT2D eigenvalue weighted by Gasteiger charge is 2.50. The van der Waals surface area contributed by atoms with Gasteiger partial charge in [-0.2, -0.15) is 0 Å². The number of carbonyl (C=O) groups is 5. The number of alkyl carbamates (subject to hydrolysis) is 1. The van der Waals surface area contributed by atoms with Crippen molar-refractivity contribution in [3.05, 3.63) is 113 Å². The molecule has 49 heavy (non-hydrogen) atoms. The van der Waals surface area contributed by atoms with Gasteiger partial charge in [-0.15, -0.1) is 11.8 Å². The number of thioether (sulfide) groups is 1. The number of benzene rings is 4. The second-order valence-corrected chi connectivity index (χ2v) is 13.7. The molecule has 4 N–H and O–H groups in total. The lowest BCUT2D eigenvalue weighted by Crippen LogP contribution is -2.51. The van der Waals surface area contributed by atoms with Crippen molar-refractivity contribution in [2.45, 2.75) is 35.2 Å². The van der Waals surface area contributed by atoms with Gasteiger partial charge in [-0.1, -0.05) is 66.7 Å². The molecular weight excluding hydrogens is 643 g/mol. The van der Waals surface area contributed by atoms with Crippen LogP contribution in [-0.4, -0.2) is 60.3 Å². The van der Waals surface area contributed by atoms with Crippen LogP contribution < -0.4 is 26.2 Å². The van der Waals surface area contributed by atoms with Crippen LogP contribution >= 0.6 is 11.8 Å². The van der Waals surface area contributed by atoms with E-state index in [2.05, 4.69) is 33.4 Å². The SMILES string of the molecule is O=C(CN1C(=O)[C@@H](NC(=O)OCC2c3ccccc3-c3ccccc32)CSc2ccccc21)Nc1ccc2c(c1)CC1(C2)NC(=O)NC1=O. The number of nitrogens with zero attached hydrogens (tertiary/aromatic N) is 1. The summed E-state index contributed by atoms with van der Waals surface area (Å²) in [5.41, 5.74) is 6.22. The molecule has 8 rings (SSSR count). The number of urea groups is 1. The average molecular weight is 674 g/mol. The highest BCUT2D eigenvalue weighted by Crippen LogP contribution is 2.44. The Hall–Kier alpha value is -5.62. The Bertz CT molecular complexity index is 2020. The standard InChI is InChI=1S/C37H31N5O6S/c43-32(38-23-14-13-21-16-37(17-22(21)15-23)34(45)40-35(46)41-37)18-42-30-11-5-6-12-31(30)49-20-29(33(42)44)39-36(47)48-19-28-26-9-3-1-7-24(26)25-8-2-4-10-27(25)28/h1-15,28-29H,16-20H2,(H,38,43)(H,39,47)(H2,40,41,45,46)/t29-,37?/m0/s1. The molecule has 11 nitrogen and oxygen atoms in total. The number of fused-ring (bicyclic) bond motifs is 5. The van der Waals surface area contributed by atoms with Crippen molar-refractivity contribution in [1.29, 1.82) is 0 Å². The van der Waals surface area contributed by atoms with E-state index < -0.39 is 35.5 Å². The lowest BCUT2D eigenvalue weighted by molar-refractivity contribution is -0.123. The highest BCUT2D eigenvalue weighted by molar-refractivity contribution is 7.99. The molecule has 12 heteroatoms. The van der Waals surface area contributed by atoms with E-state index in [1.54, 1.807) is 24.3 Å². The van der Waals surface area contributed by atoms with Crippen molar-refractivity contribution >= 4 is 53.0 Å². The molecule has 4 aromatic rings. The summed E-state index contributed by atoms with van der Waals surface area (Å²) < 4.78 is 5.73. The molecule has 246 valence electrons. The van der Waals surface area contributed by atoms with Crippen molar-refractivity contribution in [1.82, 2.24) is 16.0 Å². The van der Waals surface area contributed by atoms with Crippen LogP contribution in [0.3, 0.4) is 0 Å². The maximum Gasteiger partial charge on any atom is 0.407 e. The summed E-state index contributed by atoms with van der Waals surface area (Å²) in [5.74, 6) is -1.10. The second kappa shape index (κ2) is 12.1. The summed E-state index contributed by atoms with van der Waals surface area (Å²) in [4.78, 5) is 67.0. The number of nitrogens with one attached hydrogen (secondary N) is 4. The molecule has 2 atom stereocenters. The summed E-state index contributed by atoms with van der Waals surface area (Å²) in [6.07, 6.45) is -0.0375. The van der Waals surface area contributed by atoms with Crippen LogP contribution in [0.5, 0.6) is 0 Å². The third kappa shape index (κ3) is 5.57. The topological polar surface area (TPSA) is 146 Å². The van der Waals surface area contributed by atoms with Crippen molar-refractivity contribution in [3.63, 3.8) is 0 Å². The first-order valence-corrected chi connectivity index (χ1v) is 17.0. The van der Waals surface area contributed by atoms with Crippen LogP contribution in [0.15, 0.2) is 95.9 Å². The number of hydrogen-bond donors (Lipinski definition) is 4. The van der Waals surface area contributed by atoms with Crippen LogP contribution in [0.2, 0.25) is 0 Å². The fourth-order valence-corrected chi connectivity index (χ4v) is 8.35. The van der Waals surface area contributed by atoms with Gasteiger partial charge in [-0.05, 0) is 57.6 Å². The van der Waals surface area contributed by atoms with Gasteiger partial charge in [-0.3, -0.25) is 19.7 Å². The number of para-hydroxylation sites is 1. The molecule has 1 unspecified atom stereocenters. The van der Waals surface area contributed by atoms with Crippen molar-refractivity contribution < 1.29 is 28.7 Å². The summed E-state index contributed by atoms with van der Waals surface area (Å²) in [5, 5.41) is 10.7. The van der Waals surface area contributed by atoms with Gasteiger partial charge in [0.1, 0.15) is 24.7 Å². The number of imide groups is 1. The minimum absolute atomic E-state index is 0.110. The van der Waals surface area contributed by atoms with E-state index in [1.807, 2.05) is 54.6 Å². The molecule has 2 aliphatic heterocycles. The Morgan fingerprint density at radius 3 is 2.31 bits per heavy atom. The third-order valence-electron chi connectivity index (χ3n) is 9.55. The Kier molecular flexibility index (Phi) is 7.59. The van der Waals surface area contributed by atoms with Gasteiger partial charge in [0.2, 0.25) is 5.91 Å². The summed E-state index contributed by atoms with van der Waals surface area (Å²) in [7, 11) is 0. The Morgan fingerprint density at radius 1 is 0.878 bits per heavy atom. The monoisotopic (exact) mass is 673 g/mol. The molecule has 0 radical (unpaired) electrons. The zero-order valence-corrected chi connectivity index (χ0v) is 27.0. The smallest absolute Gasteiger partial charge is 0.407 e. The number of amides is 6. The van der Waals surface area contributed by atoms with E-state index in [0.717, 1.165) is 38.3 Å². The summed E-state index contributed by atoms with van der Waals surface area (Å²) >= 11 is 1.42. The zero-order chi connectivity index (χ0) is 33.7. The van der Waals surface area contributed by atoms with E-state index in [-0.39, 0.29) is 30.7 Å². The van der Waals surface area contributed by atoms with E-state index >= 15 is 0 Å². The van der Waals surface area contributed by atoms with Gasteiger partial charge in [0.15, 0.2) is 0 Å². The van der Waals surface area contributed by atoms with Crippen LogP contribution in [0.1, 0.15) is 28.2 Å². The molecule has 4 aliphatic rings.